The first-order valence-corrected chi connectivity index (χ1v) is 8.16. The largest absolute Gasteiger partial charge is 0.477 e. The van der Waals surface area contributed by atoms with Gasteiger partial charge in [-0.1, -0.05) is 0 Å². The van der Waals surface area contributed by atoms with Gasteiger partial charge in [0.25, 0.3) is 0 Å². The summed E-state index contributed by atoms with van der Waals surface area (Å²) in [6, 6.07) is 0.745. The highest BCUT2D eigenvalue weighted by Gasteiger charge is 2.47. The SMILES string of the molecule is O=C(O)c1cn(C2(F)CC2)c2c(F)c(N3CCC(O)C3)c(F)cc2c1=O. The predicted octanol–water partition coefficient (Wildman–Crippen LogP) is 1.96. The number of hydrogen-bond donors (Lipinski definition) is 2. The van der Waals surface area contributed by atoms with Crippen molar-refractivity contribution in [1.82, 2.24) is 4.57 Å². The first-order valence-electron chi connectivity index (χ1n) is 8.16. The van der Waals surface area contributed by atoms with Gasteiger partial charge in [0.05, 0.1) is 17.0 Å². The van der Waals surface area contributed by atoms with E-state index in [-0.39, 0.29) is 25.9 Å². The Morgan fingerprint density at radius 3 is 2.54 bits per heavy atom. The molecule has 4 rings (SSSR count). The molecular weight excluding hydrogens is 353 g/mol. The first-order chi connectivity index (χ1) is 12.2. The van der Waals surface area contributed by atoms with Gasteiger partial charge in [-0.2, -0.15) is 0 Å². The molecule has 1 aliphatic carbocycles. The summed E-state index contributed by atoms with van der Waals surface area (Å²) in [5, 5.41) is 18.3. The number of benzene rings is 1. The number of alkyl halides is 1. The molecule has 1 saturated heterocycles. The van der Waals surface area contributed by atoms with Gasteiger partial charge >= 0.3 is 5.97 Å². The van der Waals surface area contributed by atoms with Crippen molar-refractivity contribution in [2.24, 2.45) is 0 Å². The van der Waals surface area contributed by atoms with Crippen LogP contribution in [0.2, 0.25) is 0 Å². The molecule has 26 heavy (non-hydrogen) atoms. The molecule has 6 nitrogen and oxygen atoms in total. The minimum absolute atomic E-state index is 0.0115. The molecule has 9 heteroatoms. The fourth-order valence-electron chi connectivity index (χ4n) is 3.45. The minimum atomic E-state index is -2.00. The molecule has 2 fully saturated rings. The average Bonchev–Trinajstić information content (AvgIpc) is 3.17. The molecule has 1 saturated carbocycles. The lowest BCUT2D eigenvalue weighted by atomic mass is 10.1. The number of carboxylic acid groups (broad SMARTS) is 1. The van der Waals surface area contributed by atoms with E-state index in [1.807, 2.05) is 0 Å². The maximum atomic E-state index is 15.2. The number of anilines is 1. The van der Waals surface area contributed by atoms with Gasteiger partial charge in [0.2, 0.25) is 5.43 Å². The van der Waals surface area contributed by atoms with Crippen molar-refractivity contribution in [3.63, 3.8) is 0 Å². The first kappa shape index (κ1) is 16.9. The van der Waals surface area contributed by atoms with Crippen molar-refractivity contribution in [2.45, 2.75) is 31.2 Å². The number of aliphatic hydroxyl groups excluding tert-OH is 1. The highest BCUT2D eigenvalue weighted by molar-refractivity contribution is 5.94. The van der Waals surface area contributed by atoms with Crippen LogP contribution in [0.1, 0.15) is 29.6 Å². The molecule has 0 spiro atoms. The van der Waals surface area contributed by atoms with Crippen LogP contribution in [0.5, 0.6) is 0 Å². The number of rotatable bonds is 3. The lowest BCUT2D eigenvalue weighted by Crippen LogP contribution is -2.27. The standard InChI is InChI=1S/C17H15F3N2O4/c18-11-5-9-13(12(19)14(11)21-4-1-8(23)6-21)22(17(20)2-3-17)7-10(15(9)24)16(25)26/h5,7-8,23H,1-4,6H2,(H,25,26). The van der Waals surface area contributed by atoms with Crippen LogP contribution >= 0.6 is 0 Å². The van der Waals surface area contributed by atoms with Crippen molar-refractivity contribution in [3.8, 4) is 0 Å². The molecule has 1 unspecified atom stereocenters. The summed E-state index contributed by atoms with van der Waals surface area (Å²) in [6.07, 6.45) is 0.451. The third-order valence-electron chi connectivity index (χ3n) is 4.96. The normalized spacial score (nSPS) is 21.4. The number of fused-ring (bicyclic) bond motifs is 1. The summed E-state index contributed by atoms with van der Waals surface area (Å²) in [7, 11) is 0. The number of halogens is 3. The van der Waals surface area contributed by atoms with Gasteiger partial charge in [0.1, 0.15) is 17.1 Å². The molecule has 2 N–H and O–H groups in total. The molecule has 2 aliphatic rings. The fourth-order valence-corrected chi connectivity index (χ4v) is 3.45. The molecule has 1 aromatic carbocycles. The molecule has 138 valence electrons. The predicted molar refractivity (Wildman–Crippen MR) is 86.2 cm³/mol. The van der Waals surface area contributed by atoms with Crippen molar-refractivity contribution in [1.29, 1.82) is 0 Å². The number of nitrogens with zero attached hydrogens (tertiary/aromatic N) is 2. The van der Waals surface area contributed by atoms with E-state index in [1.165, 1.54) is 4.90 Å². The van der Waals surface area contributed by atoms with Crippen LogP contribution in [0, 0.1) is 11.6 Å². The number of carboxylic acids is 1. The maximum Gasteiger partial charge on any atom is 0.341 e. The average molecular weight is 368 g/mol. The molecule has 2 heterocycles. The summed E-state index contributed by atoms with van der Waals surface area (Å²) in [5.41, 5.74) is -2.73. The summed E-state index contributed by atoms with van der Waals surface area (Å²) in [5.74, 6) is -5.79. The molecule has 0 bridgehead atoms. The fraction of sp³-hybridized carbons (Fsp3) is 0.412. The summed E-state index contributed by atoms with van der Waals surface area (Å²) in [4.78, 5) is 24.9. The van der Waals surface area contributed by atoms with E-state index in [1.54, 1.807) is 0 Å². The highest BCUT2D eigenvalue weighted by atomic mass is 19.2. The highest BCUT2D eigenvalue weighted by Crippen LogP contribution is 2.47. The molecule has 0 radical (unpaired) electrons. The van der Waals surface area contributed by atoms with Crippen LogP contribution in [-0.2, 0) is 5.79 Å². The zero-order valence-electron chi connectivity index (χ0n) is 13.5. The maximum absolute atomic E-state index is 15.2. The van der Waals surface area contributed by atoms with Gasteiger partial charge in [0, 0.05) is 32.1 Å². The molecular formula is C17H15F3N2O4. The number of aromatic carboxylic acids is 1. The van der Waals surface area contributed by atoms with E-state index in [9.17, 15) is 28.6 Å². The lowest BCUT2D eigenvalue weighted by molar-refractivity contribution is 0.0694. The van der Waals surface area contributed by atoms with Gasteiger partial charge in [-0.3, -0.25) is 4.79 Å². The number of hydrogen-bond acceptors (Lipinski definition) is 4. The molecule has 0 amide bonds. The summed E-state index contributed by atoms with van der Waals surface area (Å²) in [6.45, 7) is 0.219. The number of pyridine rings is 1. The van der Waals surface area contributed by atoms with E-state index in [2.05, 4.69) is 0 Å². The van der Waals surface area contributed by atoms with Crippen molar-refractivity contribution >= 4 is 22.6 Å². The Labute approximate surface area is 145 Å². The van der Waals surface area contributed by atoms with Crippen LogP contribution in [-0.4, -0.2) is 39.9 Å². The van der Waals surface area contributed by atoms with E-state index in [0.29, 0.717) is 6.42 Å². The van der Waals surface area contributed by atoms with E-state index in [4.69, 9.17) is 0 Å². The number of β-amino-alcohol motifs (C(OH)–C–C–N with tert-alkyl or cyclic N) is 1. The Balaban J connectivity index is 2.06. The van der Waals surface area contributed by atoms with E-state index >= 15 is 4.39 Å². The molecule has 1 atom stereocenters. The molecule has 1 aromatic heterocycles. The van der Waals surface area contributed by atoms with E-state index < -0.39 is 57.1 Å². The van der Waals surface area contributed by atoms with Crippen LogP contribution in [0.3, 0.4) is 0 Å². The smallest absolute Gasteiger partial charge is 0.341 e. The van der Waals surface area contributed by atoms with Crippen molar-refractivity contribution in [2.75, 3.05) is 18.0 Å². The zero-order chi connectivity index (χ0) is 18.8. The van der Waals surface area contributed by atoms with Gasteiger partial charge in [-0.05, 0) is 12.5 Å². The van der Waals surface area contributed by atoms with Crippen LogP contribution in [0.25, 0.3) is 10.9 Å². The van der Waals surface area contributed by atoms with Gasteiger partial charge in [-0.25, -0.2) is 18.0 Å². The van der Waals surface area contributed by atoms with Gasteiger partial charge < -0.3 is 19.7 Å². The zero-order valence-corrected chi connectivity index (χ0v) is 13.5. The number of aromatic nitrogens is 1. The van der Waals surface area contributed by atoms with Crippen LogP contribution in [0.4, 0.5) is 18.9 Å². The summed E-state index contributed by atoms with van der Waals surface area (Å²) < 4.78 is 45.3. The Hall–Kier alpha value is -2.55. The topological polar surface area (TPSA) is 82.8 Å². The Morgan fingerprint density at radius 2 is 2.00 bits per heavy atom. The Kier molecular flexibility index (Phi) is 3.56. The second-order valence-electron chi connectivity index (χ2n) is 6.77. The molecule has 1 aliphatic heterocycles. The summed E-state index contributed by atoms with van der Waals surface area (Å²) >= 11 is 0. The van der Waals surface area contributed by atoms with Gasteiger partial charge in [0.15, 0.2) is 11.6 Å². The van der Waals surface area contributed by atoms with Gasteiger partial charge in [-0.15, -0.1) is 0 Å². The van der Waals surface area contributed by atoms with Crippen molar-refractivity contribution < 1.29 is 28.2 Å². The Bertz CT molecular complexity index is 1000. The van der Waals surface area contributed by atoms with E-state index in [0.717, 1.165) is 16.8 Å². The lowest BCUT2D eigenvalue weighted by Gasteiger charge is -2.23. The monoisotopic (exact) mass is 368 g/mol. The van der Waals surface area contributed by atoms with Crippen LogP contribution < -0.4 is 10.3 Å². The quantitative estimate of drug-likeness (QED) is 0.866. The Morgan fingerprint density at radius 1 is 1.31 bits per heavy atom. The second-order valence-corrected chi connectivity index (χ2v) is 6.77. The van der Waals surface area contributed by atoms with Crippen molar-refractivity contribution in [3.05, 3.63) is 39.7 Å². The third-order valence-corrected chi connectivity index (χ3v) is 4.96. The number of aliphatic hydroxyl groups is 1. The molecule has 2 aromatic rings. The second kappa shape index (κ2) is 5.47. The number of carbonyl (C=O) groups is 1. The minimum Gasteiger partial charge on any atom is -0.477 e. The van der Waals surface area contributed by atoms with Crippen LogP contribution in [0.15, 0.2) is 17.1 Å². The third kappa shape index (κ3) is 2.38.